The van der Waals surface area contributed by atoms with Crippen molar-refractivity contribution in [3.8, 4) is 0 Å². The summed E-state index contributed by atoms with van der Waals surface area (Å²) in [6.45, 7) is 1.90. The van der Waals surface area contributed by atoms with Crippen LogP contribution in [0.3, 0.4) is 0 Å². The highest BCUT2D eigenvalue weighted by molar-refractivity contribution is 5.63. The van der Waals surface area contributed by atoms with E-state index in [1.165, 1.54) is 19.3 Å². The summed E-state index contributed by atoms with van der Waals surface area (Å²) in [6.07, 6.45) is 4.70. The van der Waals surface area contributed by atoms with Crippen LogP contribution in [0.1, 0.15) is 32.6 Å². The average Bonchev–Trinajstić information content (AvgIpc) is 3.06. The molecule has 2 saturated carbocycles. The zero-order chi connectivity index (χ0) is 15.1. The second-order valence-corrected chi connectivity index (χ2v) is 6.28. The van der Waals surface area contributed by atoms with Crippen molar-refractivity contribution in [2.24, 2.45) is 17.8 Å². The van der Waals surface area contributed by atoms with Gasteiger partial charge in [-0.05, 0) is 50.0 Å². The van der Waals surface area contributed by atoms with Crippen LogP contribution in [0.2, 0.25) is 0 Å². The van der Waals surface area contributed by atoms with Gasteiger partial charge >= 0.3 is 0 Å². The van der Waals surface area contributed by atoms with Crippen LogP contribution in [0.25, 0.3) is 0 Å². The lowest BCUT2D eigenvalue weighted by atomic mass is 9.84. The van der Waals surface area contributed by atoms with E-state index in [4.69, 9.17) is 0 Å². The molecule has 2 aliphatic rings. The highest BCUT2D eigenvalue weighted by Crippen LogP contribution is 2.50. The predicted molar refractivity (Wildman–Crippen MR) is 75.0 cm³/mol. The van der Waals surface area contributed by atoms with Crippen molar-refractivity contribution in [2.75, 3.05) is 5.32 Å². The Morgan fingerprint density at radius 2 is 2.10 bits per heavy atom. The maximum atomic E-state index is 13.9. The van der Waals surface area contributed by atoms with Crippen LogP contribution >= 0.6 is 0 Å². The molecule has 6 heteroatoms. The zero-order valence-electron chi connectivity index (χ0n) is 11.8. The summed E-state index contributed by atoms with van der Waals surface area (Å²) in [5, 5.41) is 13.9. The molecule has 4 atom stereocenters. The van der Waals surface area contributed by atoms with Gasteiger partial charge in [0.15, 0.2) is 17.3 Å². The van der Waals surface area contributed by atoms with Crippen LogP contribution in [0, 0.1) is 39.5 Å². The Hall–Kier alpha value is -1.72. The number of halogens is 2. The summed E-state index contributed by atoms with van der Waals surface area (Å²) in [4.78, 5) is 10.3. The standard InChI is InChI=1S/C15H18F2N2O2/c1-8(11-7-9-2-3-10(11)6-9)18-15-13(19(20)21)5-4-12(16)14(15)17/h4-5,8-11,18H,2-3,6-7H2,1H3. The summed E-state index contributed by atoms with van der Waals surface area (Å²) in [7, 11) is 0. The SMILES string of the molecule is CC(Nc1c([N+](=O)[O-])ccc(F)c1F)C1CC2CCC1C2. The van der Waals surface area contributed by atoms with E-state index in [9.17, 15) is 18.9 Å². The quantitative estimate of drug-likeness (QED) is 0.672. The largest absolute Gasteiger partial charge is 0.374 e. The van der Waals surface area contributed by atoms with E-state index in [2.05, 4.69) is 5.32 Å². The van der Waals surface area contributed by atoms with Gasteiger partial charge < -0.3 is 5.32 Å². The Balaban J connectivity index is 1.84. The van der Waals surface area contributed by atoms with Crippen molar-refractivity contribution in [1.82, 2.24) is 0 Å². The summed E-state index contributed by atoms with van der Waals surface area (Å²) in [6, 6.07) is 1.70. The Bertz CT molecular complexity index is 579. The molecular weight excluding hydrogens is 278 g/mol. The molecule has 114 valence electrons. The number of hydrogen-bond donors (Lipinski definition) is 1. The molecule has 2 bridgehead atoms. The number of nitro benzene ring substituents is 1. The molecule has 1 aromatic rings. The molecule has 1 N–H and O–H groups in total. The second kappa shape index (κ2) is 5.24. The first-order valence-corrected chi connectivity index (χ1v) is 7.36. The lowest BCUT2D eigenvalue weighted by Crippen LogP contribution is -2.30. The zero-order valence-corrected chi connectivity index (χ0v) is 11.8. The predicted octanol–water partition coefficient (Wildman–Crippen LogP) is 4.11. The smallest absolute Gasteiger partial charge is 0.295 e. The van der Waals surface area contributed by atoms with Gasteiger partial charge in [0.1, 0.15) is 0 Å². The highest BCUT2D eigenvalue weighted by Gasteiger charge is 2.42. The van der Waals surface area contributed by atoms with Crippen LogP contribution in [0.5, 0.6) is 0 Å². The van der Waals surface area contributed by atoms with Gasteiger partial charge in [-0.3, -0.25) is 10.1 Å². The number of rotatable bonds is 4. The minimum Gasteiger partial charge on any atom is -0.374 e. The van der Waals surface area contributed by atoms with E-state index in [1.807, 2.05) is 6.92 Å². The first kappa shape index (κ1) is 14.2. The molecule has 0 amide bonds. The Morgan fingerprint density at radius 1 is 1.33 bits per heavy atom. The van der Waals surface area contributed by atoms with Gasteiger partial charge in [-0.25, -0.2) is 8.78 Å². The van der Waals surface area contributed by atoms with Gasteiger partial charge in [-0.2, -0.15) is 0 Å². The van der Waals surface area contributed by atoms with Crippen LogP contribution in [-0.2, 0) is 0 Å². The van der Waals surface area contributed by atoms with Crippen LogP contribution in [-0.4, -0.2) is 11.0 Å². The molecule has 2 aliphatic carbocycles. The highest BCUT2D eigenvalue weighted by atomic mass is 19.2. The Morgan fingerprint density at radius 3 is 2.67 bits per heavy atom. The minimum absolute atomic E-state index is 0.102. The summed E-state index contributed by atoms with van der Waals surface area (Å²) >= 11 is 0. The molecule has 4 unspecified atom stereocenters. The minimum atomic E-state index is -1.17. The number of nitrogens with zero attached hydrogens (tertiary/aromatic N) is 1. The van der Waals surface area contributed by atoms with Crippen LogP contribution in [0.15, 0.2) is 12.1 Å². The van der Waals surface area contributed by atoms with Crippen LogP contribution < -0.4 is 5.32 Å². The van der Waals surface area contributed by atoms with E-state index in [-0.39, 0.29) is 11.7 Å². The van der Waals surface area contributed by atoms with Crippen molar-refractivity contribution in [1.29, 1.82) is 0 Å². The van der Waals surface area contributed by atoms with Gasteiger partial charge in [0, 0.05) is 12.1 Å². The van der Waals surface area contributed by atoms with E-state index < -0.39 is 22.2 Å². The van der Waals surface area contributed by atoms with Gasteiger partial charge in [0.25, 0.3) is 5.69 Å². The molecule has 2 fully saturated rings. The molecular formula is C15H18F2N2O2. The number of anilines is 1. The van der Waals surface area contributed by atoms with Crippen molar-refractivity contribution in [2.45, 2.75) is 38.6 Å². The Kier molecular flexibility index (Phi) is 3.55. The maximum Gasteiger partial charge on any atom is 0.295 e. The summed E-state index contributed by atoms with van der Waals surface area (Å²) in [5.41, 5.74) is -0.737. The molecule has 3 rings (SSSR count). The van der Waals surface area contributed by atoms with Crippen molar-refractivity contribution in [3.63, 3.8) is 0 Å². The number of nitro groups is 1. The van der Waals surface area contributed by atoms with E-state index in [0.717, 1.165) is 24.5 Å². The maximum absolute atomic E-state index is 13.9. The first-order chi connectivity index (χ1) is 9.97. The van der Waals surface area contributed by atoms with E-state index in [1.54, 1.807) is 0 Å². The lowest BCUT2D eigenvalue weighted by Gasteiger charge is -2.29. The van der Waals surface area contributed by atoms with Gasteiger partial charge in [0.2, 0.25) is 0 Å². The molecule has 0 aromatic heterocycles. The topological polar surface area (TPSA) is 55.2 Å². The Labute approximate surface area is 121 Å². The molecule has 0 radical (unpaired) electrons. The normalized spacial score (nSPS) is 28.6. The molecule has 0 spiro atoms. The van der Waals surface area contributed by atoms with Crippen molar-refractivity contribution in [3.05, 3.63) is 33.9 Å². The third-order valence-electron chi connectivity index (χ3n) is 5.08. The molecule has 4 nitrogen and oxygen atoms in total. The summed E-state index contributed by atoms with van der Waals surface area (Å²) in [5.74, 6) is -0.516. The fraction of sp³-hybridized carbons (Fsp3) is 0.600. The fourth-order valence-corrected chi connectivity index (χ4v) is 4.07. The van der Waals surface area contributed by atoms with E-state index >= 15 is 0 Å². The van der Waals surface area contributed by atoms with Gasteiger partial charge in [-0.1, -0.05) is 6.42 Å². The number of nitrogens with one attached hydrogen (secondary N) is 1. The number of benzene rings is 1. The molecule has 0 saturated heterocycles. The van der Waals surface area contributed by atoms with Gasteiger partial charge in [-0.15, -0.1) is 0 Å². The lowest BCUT2D eigenvalue weighted by molar-refractivity contribution is -0.384. The first-order valence-electron chi connectivity index (χ1n) is 7.36. The molecule has 21 heavy (non-hydrogen) atoms. The average molecular weight is 296 g/mol. The van der Waals surface area contributed by atoms with Crippen LogP contribution in [0.4, 0.5) is 20.2 Å². The second-order valence-electron chi connectivity index (χ2n) is 6.28. The molecule has 0 aliphatic heterocycles. The van der Waals surface area contributed by atoms with Crippen molar-refractivity contribution >= 4 is 11.4 Å². The number of fused-ring (bicyclic) bond motifs is 2. The van der Waals surface area contributed by atoms with E-state index in [0.29, 0.717) is 11.8 Å². The third-order valence-corrected chi connectivity index (χ3v) is 5.08. The third kappa shape index (κ3) is 2.47. The number of hydrogen-bond acceptors (Lipinski definition) is 3. The monoisotopic (exact) mass is 296 g/mol. The van der Waals surface area contributed by atoms with Crippen molar-refractivity contribution < 1.29 is 13.7 Å². The fourth-order valence-electron chi connectivity index (χ4n) is 4.07. The summed E-state index contributed by atoms with van der Waals surface area (Å²) < 4.78 is 27.3. The molecule has 1 aromatic carbocycles. The van der Waals surface area contributed by atoms with Gasteiger partial charge in [0.05, 0.1) is 4.92 Å². The molecule has 0 heterocycles.